The number of carbonyl (C=O) groups excluding carboxylic acids is 5. The van der Waals surface area contributed by atoms with Crippen LogP contribution in [0.25, 0.3) is 0 Å². The maximum atomic E-state index is 11.6. The van der Waals surface area contributed by atoms with Crippen LogP contribution in [0.1, 0.15) is 58.9 Å². The van der Waals surface area contributed by atoms with E-state index >= 15 is 0 Å². The first-order chi connectivity index (χ1) is 17.1. The van der Waals surface area contributed by atoms with Crippen molar-refractivity contribution < 1.29 is 24.0 Å². The molecular formula is C26H37ClN4O5. The van der Waals surface area contributed by atoms with Crippen LogP contribution >= 0.6 is 11.6 Å². The third-order valence-corrected chi connectivity index (χ3v) is 5.97. The molecule has 0 saturated carbocycles. The molecule has 2 atom stereocenters. The van der Waals surface area contributed by atoms with Crippen LogP contribution in [0.4, 0.5) is 5.69 Å². The summed E-state index contributed by atoms with van der Waals surface area (Å²) in [4.78, 5) is 57.1. The normalized spacial score (nSPS) is 14.1. The molecule has 1 aliphatic rings. The summed E-state index contributed by atoms with van der Waals surface area (Å²) in [6.07, 6.45) is 5.94. The Morgan fingerprint density at radius 2 is 1.58 bits per heavy atom. The number of benzene rings is 1. The quantitative estimate of drug-likeness (QED) is 0.159. The largest absolute Gasteiger partial charge is 0.353 e. The maximum absolute atomic E-state index is 11.6. The molecule has 0 bridgehead atoms. The Morgan fingerprint density at radius 1 is 0.972 bits per heavy atom. The lowest BCUT2D eigenvalue weighted by Gasteiger charge is -2.17. The van der Waals surface area contributed by atoms with Gasteiger partial charge in [0.15, 0.2) is 0 Å². The molecule has 2 rings (SSSR count). The number of carbonyl (C=O) groups is 5. The number of imide groups is 1. The highest BCUT2D eigenvalue weighted by molar-refractivity contribution is 6.17. The summed E-state index contributed by atoms with van der Waals surface area (Å²) >= 11 is 5.64. The molecule has 5 amide bonds. The maximum Gasteiger partial charge on any atom is 0.253 e. The van der Waals surface area contributed by atoms with Crippen molar-refractivity contribution in [2.45, 2.75) is 71.3 Å². The van der Waals surface area contributed by atoms with E-state index < -0.39 is 6.04 Å². The third-order valence-electron chi connectivity index (χ3n) is 5.66. The summed E-state index contributed by atoms with van der Waals surface area (Å²) in [5.41, 5.74) is 1.66. The van der Waals surface area contributed by atoms with E-state index in [1.165, 1.54) is 17.1 Å². The van der Waals surface area contributed by atoms with E-state index in [9.17, 15) is 24.0 Å². The highest BCUT2D eigenvalue weighted by Gasteiger charge is 2.22. The Hall–Kier alpha value is -3.20. The molecule has 0 aliphatic carbocycles. The third kappa shape index (κ3) is 11.5. The number of hydrogen-bond acceptors (Lipinski definition) is 5. The fraction of sp³-hybridized carbons (Fsp3) is 0.500. The van der Waals surface area contributed by atoms with Crippen LogP contribution < -0.4 is 16.0 Å². The smallest absolute Gasteiger partial charge is 0.253 e. The monoisotopic (exact) mass is 520 g/mol. The SMILES string of the molecule is CC(C)C(C)NC(=O)CCCCCN1C(=O)C=CC1=O.CC(NC=O)C(=O)Nc1ccc(CCl)cc1. The molecule has 0 radical (unpaired) electrons. The van der Waals surface area contributed by atoms with Gasteiger partial charge in [-0.05, 0) is 50.3 Å². The van der Waals surface area contributed by atoms with Gasteiger partial charge in [0.1, 0.15) is 6.04 Å². The van der Waals surface area contributed by atoms with Gasteiger partial charge in [-0.25, -0.2) is 0 Å². The van der Waals surface area contributed by atoms with E-state index in [1.54, 1.807) is 19.1 Å². The first kappa shape index (κ1) is 30.8. The number of alkyl halides is 1. The van der Waals surface area contributed by atoms with Crippen LogP contribution in [0, 0.1) is 5.92 Å². The van der Waals surface area contributed by atoms with Crippen LogP contribution in [0.3, 0.4) is 0 Å². The molecule has 1 aliphatic heterocycles. The summed E-state index contributed by atoms with van der Waals surface area (Å²) in [5, 5.41) is 8.01. The summed E-state index contributed by atoms with van der Waals surface area (Å²) < 4.78 is 0. The number of amides is 5. The summed E-state index contributed by atoms with van der Waals surface area (Å²) in [6.45, 7) is 8.19. The molecule has 1 aromatic carbocycles. The summed E-state index contributed by atoms with van der Waals surface area (Å²) in [5.74, 6) is 0.208. The van der Waals surface area contributed by atoms with Crippen LogP contribution in [0.15, 0.2) is 36.4 Å². The van der Waals surface area contributed by atoms with E-state index in [0.29, 0.717) is 36.9 Å². The number of rotatable bonds is 13. The van der Waals surface area contributed by atoms with Gasteiger partial charge in [0.25, 0.3) is 11.8 Å². The van der Waals surface area contributed by atoms with Crippen molar-refractivity contribution >= 4 is 47.3 Å². The second kappa shape index (κ2) is 16.5. The molecule has 198 valence electrons. The van der Waals surface area contributed by atoms with Gasteiger partial charge in [-0.3, -0.25) is 28.9 Å². The van der Waals surface area contributed by atoms with E-state index in [0.717, 1.165) is 24.8 Å². The second-order valence-corrected chi connectivity index (χ2v) is 9.17. The van der Waals surface area contributed by atoms with Gasteiger partial charge in [-0.2, -0.15) is 0 Å². The minimum Gasteiger partial charge on any atom is -0.353 e. The highest BCUT2D eigenvalue weighted by atomic mass is 35.5. The zero-order valence-electron chi connectivity index (χ0n) is 21.4. The van der Waals surface area contributed by atoms with E-state index in [2.05, 4.69) is 29.8 Å². The minimum absolute atomic E-state index is 0.0705. The van der Waals surface area contributed by atoms with Crippen molar-refractivity contribution in [1.82, 2.24) is 15.5 Å². The lowest BCUT2D eigenvalue weighted by Crippen LogP contribution is -2.37. The Morgan fingerprint density at radius 3 is 2.11 bits per heavy atom. The van der Waals surface area contributed by atoms with Crippen LogP contribution in [0.2, 0.25) is 0 Å². The zero-order chi connectivity index (χ0) is 27.1. The van der Waals surface area contributed by atoms with Gasteiger partial charge < -0.3 is 16.0 Å². The Bertz CT molecular complexity index is 899. The molecule has 0 spiro atoms. The van der Waals surface area contributed by atoms with Gasteiger partial charge in [0.2, 0.25) is 18.2 Å². The molecule has 36 heavy (non-hydrogen) atoms. The first-order valence-corrected chi connectivity index (χ1v) is 12.6. The van der Waals surface area contributed by atoms with Gasteiger partial charge in [0, 0.05) is 42.7 Å². The van der Waals surface area contributed by atoms with E-state index in [1.807, 2.05) is 19.1 Å². The summed E-state index contributed by atoms with van der Waals surface area (Å²) in [7, 11) is 0. The number of halogens is 1. The standard InChI is InChI=1S/C15H24N2O3.C11H13ClN2O2/c1-11(2)12(3)16-13(18)7-5-4-6-10-17-14(19)8-9-15(17)20;1-8(13-7-15)11(16)14-10-4-2-9(6-12)3-5-10/h8-9,11-12H,4-7,10H2,1-3H3,(H,16,18);2-5,7-8H,6H2,1H3,(H,13,15)(H,14,16). The number of nitrogens with zero attached hydrogens (tertiary/aromatic N) is 1. The molecule has 1 heterocycles. The molecular weight excluding hydrogens is 484 g/mol. The Labute approximate surface area is 218 Å². The van der Waals surface area contributed by atoms with Gasteiger partial charge in [-0.1, -0.05) is 32.4 Å². The summed E-state index contributed by atoms with van der Waals surface area (Å²) in [6, 6.07) is 6.84. The molecule has 2 unspecified atom stereocenters. The van der Waals surface area contributed by atoms with Crippen molar-refractivity contribution in [1.29, 1.82) is 0 Å². The predicted molar refractivity (Wildman–Crippen MR) is 140 cm³/mol. The lowest BCUT2D eigenvalue weighted by molar-refractivity contribution is -0.137. The molecule has 10 heteroatoms. The fourth-order valence-corrected chi connectivity index (χ4v) is 3.16. The van der Waals surface area contributed by atoms with Crippen molar-refractivity contribution in [2.75, 3.05) is 11.9 Å². The number of unbranched alkanes of at least 4 members (excludes halogenated alkanes) is 2. The van der Waals surface area contributed by atoms with Crippen molar-refractivity contribution in [3.05, 3.63) is 42.0 Å². The van der Waals surface area contributed by atoms with Crippen molar-refractivity contribution in [3.63, 3.8) is 0 Å². The Balaban J connectivity index is 0.000000369. The van der Waals surface area contributed by atoms with Crippen molar-refractivity contribution in [3.8, 4) is 0 Å². The van der Waals surface area contributed by atoms with Crippen molar-refractivity contribution in [2.24, 2.45) is 5.92 Å². The molecule has 0 fully saturated rings. The average Bonchev–Trinajstić information content (AvgIpc) is 3.16. The predicted octanol–water partition coefficient (Wildman–Crippen LogP) is 3.13. The first-order valence-electron chi connectivity index (χ1n) is 12.1. The molecule has 0 aromatic heterocycles. The Kier molecular flexibility index (Phi) is 14.1. The van der Waals surface area contributed by atoms with E-state index in [4.69, 9.17) is 11.6 Å². The van der Waals surface area contributed by atoms with Crippen LogP contribution in [-0.2, 0) is 29.9 Å². The molecule has 1 aromatic rings. The highest BCUT2D eigenvalue weighted by Crippen LogP contribution is 2.11. The van der Waals surface area contributed by atoms with Gasteiger partial charge in [0.05, 0.1) is 0 Å². The average molecular weight is 521 g/mol. The number of nitrogens with one attached hydrogen (secondary N) is 3. The topological polar surface area (TPSA) is 125 Å². The van der Waals surface area contributed by atoms with Crippen LogP contribution in [0.5, 0.6) is 0 Å². The fourth-order valence-electron chi connectivity index (χ4n) is 2.98. The zero-order valence-corrected chi connectivity index (χ0v) is 22.1. The van der Waals surface area contributed by atoms with Gasteiger partial charge in [-0.15, -0.1) is 11.6 Å². The second-order valence-electron chi connectivity index (χ2n) is 8.90. The number of anilines is 1. The molecule has 9 nitrogen and oxygen atoms in total. The molecule has 0 saturated heterocycles. The van der Waals surface area contributed by atoms with Crippen LogP contribution in [-0.4, -0.2) is 53.6 Å². The molecule has 3 N–H and O–H groups in total. The lowest BCUT2D eigenvalue weighted by atomic mass is 10.1. The van der Waals surface area contributed by atoms with E-state index in [-0.39, 0.29) is 29.7 Å². The minimum atomic E-state index is -0.551. The van der Waals surface area contributed by atoms with Gasteiger partial charge >= 0.3 is 0 Å². The number of hydrogen-bond donors (Lipinski definition) is 3.